The summed E-state index contributed by atoms with van der Waals surface area (Å²) in [6, 6.07) is 21.4. The molecular weight excluding hydrogens is 290 g/mol. The first-order valence-electron chi connectivity index (χ1n) is 8.72. The van der Waals surface area contributed by atoms with Gasteiger partial charge in [0.25, 0.3) is 0 Å². The van der Waals surface area contributed by atoms with Gasteiger partial charge in [-0.1, -0.05) is 88.4 Å². The van der Waals surface area contributed by atoms with Crippen molar-refractivity contribution < 1.29 is 0 Å². The molecule has 0 saturated carbocycles. The molecule has 1 heteroatoms. The van der Waals surface area contributed by atoms with Crippen LogP contribution in [0.4, 0.5) is 5.69 Å². The molecule has 24 heavy (non-hydrogen) atoms. The van der Waals surface area contributed by atoms with E-state index in [9.17, 15) is 0 Å². The standard InChI is InChI=1S/C23H25N/c1-16(2)20-13-8-14-21(17(3)4)23(20)24-15-19-11-7-10-18-9-5-6-12-22(18)19/h5-17H,1-4H3/b24-15+. The molecule has 0 aliphatic rings. The maximum Gasteiger partial charge on any atom is 0.0699 e. The second-order valence-corrected chi connectivity index (χ2v) is 6.92. The molecule has 0 aromatic heterocycles. The molecule has 0 aliphatic heterocycles. The molecule has 0 radical (unpaired) electrons. The van der Waals surface area contributed by atoms with Crippen LogP contribution in [0.1, 0.15) is 56.2 Å². The third kappa shape index (κ3) is 3.26. The number of fused-ring (bicyclic) bond motifs is 1. The lowest BCUT2D eigenvalue weighted by atomic mass is 9.93. The average molecular weight is 315 g/mol. The fourth-order valence-corrected chi connectivity index (χ4v) is 3.16. The third-order valence-electron chi connectivity index (χ3n) is 4.50. The Bertz CT molecular complexity index is 841. The van der Waals surface area contributed by atoms with Crippen molar-refractivity contribution >= 4 is 22.7 Å². The lowest BCUT2D eigenvalue weighted by Gasteiger charge is -2.16. The molecule has 3 rings (SSSR count). The van der Waals surface area contributed by atoms with E-state index in [1.807, 2.05) is 6.21 Å². The summed E-state index contributed by atoms with van der Waals surface area (Å²) in [4.78, 5) is 4.94. The van der Waals surface area contributed by atoms with Gasteiger partial charge in [0.2, 0.25) is 0 Å². The van der Waals surface area contributed by atoms with Crippen LogP contribution in [-0.2, 0) is 0 Å². The monoisotopic (exact) mass is 315 g/mol. The lowest BCUT2D eigenvalue weighted by molar-refractivity contribution is 0.835. The minimum atomic E-state index is 0.461. The summed E-state index contributed by atoms with van der Waals surface area (Å²) in [6.45, 7) is 8.93. The quantitative estimate of drug-likeness (QED) is 0.467. The van der Waals surface area contributed by atoms with Gasteiger partial charge in [0.15, 0.2) is 0 Å². The molecule has 3 aromatic rings. The van der Waals surface area contributed by atoms with E-state index in [2.05, 4.69) is 88.4 Å². The van der Waals surface area contributed by atoms with E-state index in [0.717, 1.165) is 5.69 Å². The summed E-state index contributed by atoms with van der Waals surface area (Å²) in [7, 11) is 0. The molecule has 0 saturated heterocycles. The summed E-state index contributed by atoms with van der Waals surface area (Å²) in [6.07, 6.45) is 2.02. The van der Waals surface area contributed by atoms with E-state index >= 15 is 0 Å². The predicted octanol–water partition coefficient (Wildman–Crippen LogP) is 6.84. The summed E-state index contributed by atoms with van der Waals surface area (Å²) < 4.78 is 0. The maximum atomic E-state index is 4.94. The fraction of sp³-hybridized carbons (Fsp3) is 0.261. The Kier molecular flexibility index (Phi) is 4.80. The van der Waals surface area contributed by atoms with Gasteiger partial charge >= 0.3 is 0 Å². The zero-order valence-corrected chi connectivity index (χ0v) is 15.0. The molecule has 0 heterocycles. The first kappa shape index (κ1) is 16.4. The van der Waals surface area contributed by atoms with Crippen molar-refractivity contribution in [2.24, 2.45) is 4.99 Å². The number of hydrogen-bond acceptors (Lipinski definition) is 1. The van der Waals surface area contributed by atoms with Crippen molar-refractivity contribution in [2.45, 2.75) is 39.5 Å². The molecule has 0 amide bonds. The van der Waals surface area contributed by atoms with Crippen LogP contribution in [0.25, 0.3) is 10.8 Å². The second kappa shape index (κ2) is 7.00. The van der Waals surface area contributed by atoms with Crippen LogP contribution in [0.5, 0.6) is 0 Å². The van der Waals surface area contributed by atoms with Gasteiger partial charge in [0.1, 0.15) is 0 Å². The number of aliphatic imine (C=N–C) groups is 1. The molecule has 0 aliphatic carbocycles. The number of rotatable bonds is 4. The van der Waals surface area contributed by atoms with Gasteiger partial charge in [0.05, 0.1) is 5.69 Å². The topological polar surface area (TPSA) is 12.4 Å². The van der Waals surface area contributed by atoms with Crippen LogP contribution in [-0.4, -0.2) is 6.21 Å². The Morgan fingerprint density at radius 1 is 0.708 bits per heavy atom. The van der Waals surface area contributed by atoms with Crippen molar-refractivity contribution in [1.29, 1.82) is 0 Å². The Balaban J connectivity index is 2.11. The third-order valence-corrected chi connectivity index (χ3v) is 4.50. The van der Waals surface area contributed by atoms with E-state index in [4.69, 9.17) is 4.99 Å². The van der Waals surface area contributed by atoms with Crippen LogP contribution in [0.2, 0.25) is 0 Å². The summed E-state index contributed by atoms with van der Waals surface area (Å²) in [5, 5.41) is 2.50. The minimum absolute atomic E-state index is 0.461. The van der Waals surface area contributed by atoms with Crippen LogP contribution < -0.4 is 0 Å². The summed E-state index contributed by atoms with van der Waals surface area (Å²) >= 11 is 0. The van der Waals surface area contributed by atoms with E-state index in [-0.39, 0.29) is 0 Å². The second-order valence-electron chi connectivity index (χ2n) is 6.92. The van der Waals surface area contributed by atoms with Crippen LogP contribution in [0, 0.1) is 0 Å². The Labute approximate surface area is 145 Å². The van der Waals surface area contributed by atoms with Crippen molar-refractivity contribution in [3.05, 3.63) is 77.4 Å². The SMILES string of the molecule is CC(C)c1cccc(C(C)C)c1/N=C/c1cccc2ccccc12. The summed E-state index contributed by atoms with van der Waals surface area (Å²) in [5.74, 6) is 0.923. The zero-order chi connectivity index (χ0) is 17.1. The largest absolute Gasteiger partial charge is 0.256 e. The number of nitrogens with zero attached hydrogens (tertiary/aromatic N) is 1. The van der Waals surface area contributed by atoms with Crippen molar-refractivity contribution in [3.63, 3.8) is 0 Å². The van der Waals surface area contributed by atoms with E-state index in [0.29, 0.717) is 11.8 Å². The highest BCUT2D eigenvalue weighted by atomic mass is 14.7. The predicted molar refractivity (Wildman–Crippen MR) is 106 cm³/mol. The van der Waals surface area contributed by atoms with Crippen molar-refractivity contribution in [3.8, 4) is 0 Å². The molecule has 0 spiro atoms. The van der Waals surface area contributed by atoms with Crippen molar-refractivity contribution in [1.82, 2.24) is 0 Å². The molecule has 0 unspecified atom stereocenters. The highest BCUT2D eigenvalue weighted by molar-refractivity contribution is 6.00. The van der Waals surface area contributed by atoms with E-state index in [1.54, 1.807) is 0 Å². The van der Waals surface area contributed by atoms with Gasteiger partial charge in [0, 0.05) is 11.8 Å². The van der Waals surface area contributed by atoms with Gasteiger partial charge in [-0.05, 0) is 33.7 Å². The average Bonchev–Trinajstić information content (AvgIpc) is 2.59. The molecule has 0 N–H and O–H groups in total. The number of benzene rings is 3. The highest BCUT2D eigenvalue weighted by Gasteiger charge is 2.12. The Morgan fingerprint density at radius 2 is 1.29 bits per heavy atom. The van der Waals surface area contributed by atoms with Gasteiger partial charge in [-0.25, -0.2) is 0 Å². The van der Waals surface area contributed by atoms with Crippen LogP contribution >= 0.6 is 0 Å². The first-order chi connectivity index (χ1) is 11.6. The first-order valence-corrected chi connectivity index (χ1v) is 8.72. The van der Waals surface area contributed by atoms with Gasteiger partial charge < -0.3 is 0 Å². The molecular formula is C23H25N. The van der Waals surface area contributed by atoms with Gasteiger partial charge in [-0.15, -0.1) is 0 Å². The van der Waals surface area contributed by atoms with Crippen molar-refractivity contribution in [2.75, 3.05) is 0 Å². The lowest BCUT2D eigenvalue weighted by Crippen LogP contribution is -1.96. The molecule has 122 valence electrons. The van der Waals surface area contributed by atoms with Crippen LogP contribution in [0.3, 0.4) is 0 Å². The normalized spacial score (nSPS) is 11.9. The zero-order valence-electron chi connectivity index (χ0n) is 15.0. The molecule has 0 bridgehead atoms. The summed E-state index contributed by atoms with van der Waals surface area (Å²) in [5.41, 5.74) is 4.94. The highest BCUT2D eigenvalue weighted by Crippen LogP contribution is 2.34. The number of para-hydroxylation sites is 1. The molecule has 0 fully saturated rings. The molecule has 0 atom stereocenters. The minimum Gasteiger partial charge on any atom is -0.256 e. The molecule has 3 aromatic carbocycles. The maximum absolute atomic E-state index is 4.94. The van der Waals surface area contributed by atoms with Gasteiger partial charge in [-0.2, -0.15) is 0 Å². The molecule has 1 nitrogen and oxygen atoms in total. The van der Waals surface area contributed by atoms with E-state index in [1.165, 1.54) is 27.5 Å². The van der Waals surface area contributed by atoms with Gasteiger partial charge in [-0.3, -0.25) is 4.99 Å². The fourth-order valence-electron chi connectivity index (χ4n) is 3.16. The Morgan fingerprint density at radius 3 is 1.96 bits per heavy atom. The number of hydrogen-bond donors (Lipinski definition) is 0. The smallest absolute Gasteiger partial charge is 0.0699 e. The van der Waals surface area contributed by atoms with E-state index < -0.39 is 0 Å². The Hall–Kier alpha value is -2.41. The van der Waals surface area contributed by atoms with Crippen LogP contribution in [0.15, 0.2) is 65.7 Å².